The maximum absolute atomic E-state index is 12.7. The van der Waals surface area contributed by atoms with Gasteiger partial charge in [0.2, 0.25) is 0 Å². The van der Waals surface area contributed by atoms with Gasteiger partial charge in [-0.15, -0.1) is 11.3 Å². The molecule has 1 aliphatic rings. The Balaban J connectivity index is 1.67. The number of aromatic amines is 1. The van der Waals surface area contributed by atoms with E-state index >= 15 is 0 Å². The summed E-state index contributed by atoms with van der Waals surface area (Å²) < 4.78 is 0. The number of H-pyrrole nitrogens is 1. The Morgan fingerprint density at radius 2 is 2.26 bits per heavy atom. The lowest BCUT2D eigenvalue weighted by Gasteiger charge is -2.17. The number of nitro benzene ring substituents is 1. The van der Waals surface area contributed by atoms with E-state index in [0.29, 0.717) is 17.4 Å². The summed E-state index contributed by atoms with van der Waals surface area (Å²) in [5.74, 6) is 1.17. The second-order valence-electron chi connectivity index (χ2n) is 7.16. The molecule has 140 valence electrons. The van der Waals surface area contributed by atoms with Crippen LogP contribution in [-0.4, -0.2) is 14.9 Å². The smallest absolute Gasteiger partial charge is 0.271 e. The van der Waals surface area contributed by atoms with Gasteiger partial charge in [-0.3, -0.25) is 14.9 Å². The minimum atomic E-state index is -0.431. The van der Waals surface area contributed by atoms with Crippen LogP contribution in [0.25, 0.3) is 10.2 Å². The van der Waals surface area contributed by atoms with Gasteiger partial charge in [0.15, 0.2) is 0 Å². The number of anilines is 1. The van der Waals surface area contributed by atoms with Crippen molar-refractivity contribution in [3.63, 3.8) is 0 Å². The van der Waals surface area contributed by atoms with Crippen molar-refractivity contribution in [3.8, 4) is 0 Å². The van der Waals surface area contributed by atoms with Crippen LogP contribution in [0, 0.1) is 16.0 Å². The molecule has 0 fully saturated rings. The molecule has 0 saturated heterocycles. The molecule has 2 N–H and O–H groups in total. The Kier molecular flexibility index (Phi) is 4.43. The molecule has 3 aromatic rings. The van der Waals surface area contributed by atoms with Crippen LogP contribution >= 0.6 is 11.3 Å². The van der Waals surface area contributed by atoms with Gasteiger partial charge < -0.3 is 10.3 Å². The van der Waals surface area contributed by atoms with Gasteiger partial charge in [-0.2, -0.15) is 0 Å². The summed E-state index contributed by atoms with van der Waals surface area (Å²) in [4.78, 5) is 32.9. The van der Waals surface area contributed by atoms with Gasteiger partial charge >= 0.3 is 0 Å². The van der Waals surface area contributed by atoms with Crippen molar-refractivity contribution in [1.29, 1.82) is 0 Å². The molecule has 0 spiro atoms. The lowest BCUT2D eigenvalue weighted by Crippen LogP contribution is -2.18. The minimum Gasteiger partial charge on any atom is -0.375 e. The van der Waals surface area contributed by atoms with Crippen molar-refractivity contribution >= 4 is 32.9 Å². The molecule has 1 aromatic carbocycles. The molecule has 0 radical (unpaired) electrons. The number of nitro groups is 1. The Bertz CT molecular complexity index is 1090. The SMILES string of the molecule is C[C@H]1CCc2c(sc3nc([C@H](C)Nc4cccc([N+](=O)[O-])c4)[nH]c(=O)c23)C1. The predicted octanol–water partition coefficient (Wildman–Crippen LogP) is 4.19. The Morgan fingerprint density at radius 3 is 3.04 bits per heavy atom. The van der Waals surface area contributed by atoms with E-state index in [9.17, 15) is 14.9 Å². The molecule has 0 unspecified atom stereocenters. The van der Waals surface area contributed by atoms with Crippen molar-refractivity contribution in [3.05, 3.63) is 61.0 Å². The molecule has 0 aliphatic heterocycles. The number of thiophene rings is 1. The van der Waals surface area contributed by atoms with Crippen LogP contribution in [-0.2, 0) is 12.8 Å². The molecular formula is C19H20N4O3S. The second-order valence-corrected chi connectivity index (χ2v) is 8.24. The third-order valence-corrected chi connectivity index (χ3v) is 6.18. The van der Waals surface area contributed by atoms with Crippen molar-refractivity contribution in [2.75, 3.05) is 5.32 Å². The van der Waals surface area contributed by atoms with Gasteiger partial charge in [0.1, 0.15) is 10.7 Å². The predicted molar refractivity (Wildman–Crippen MR) is 107 cm³/mol. The van der Waals surface area contributed by atoms with Gasteiger partial charge in [-0.25, -0.2) is 4.98 Å². The third kappa shape index (κ3) is 3.32. The third-order valence-electron chi connectivity index (χ3n) is 5.03. The molecule has 2 aromatic heterocycles. The lowest BCUT2D eigenvalue weighted by atomic mass is 9.89. The van der Waals surface area contributed by atoms with Crippen LogP contribution in [0.4, 0.5) is 11.4 Å². The number of aromatic nitrogens is 2. The summed E-state index contributed by atoms with van der Waals surface area (Å²) in [6.45, 7) is 4.11. The fourth-order valence-corrected chi connectivity index (χ4v) is 4.99. The normalized spacial score (nSPS) is 17.5. The average Bonchev–Trinajstić information content (AvgIpc) is 2.99. The Labute approximate surface area is 159 Å². The number of nitrogens with zero attached hydrogens (tertiary/aromatic N) is 2. The maximum Gasteiger partial charge on any atom is 0.271 e. The van der Waals surface area contributed by atoms with Crippen LogP contribution in [0.2, 0.25) is 0 Å². The van der Waals surface area contributed by atoms with E-state index in [0.717, 1.165) is 35.0 Å². The number of hydrogen-bond acceptors (Lipinski definition) is 6. The standard InChI is InChI=1S/C19H20N4O3S/c1-10-6-7-14-15(8-10)27-19-16(14)18(24)21-17(22-19)11(2)20-12-4-3-5-13(9-12)23(25)26/h3-5,9-11,20H,6-8H2,1-2H3,(H,21,22,24)/t10-,11-/m0/s1. The first-order valence-corrected chi connectivity index (χ1v) is 9.79. The molecule has 8 heteroatoms. The second kappa shape index (κ2) is 6.77. The highest BCUT2D eigenvalue weighted by molar-refractivity contribution is 7.18. The summed E-state index contributed by atoms with van der Waals surface area (Å²) in [7, 11) is 0. The molecule has 4 rings (SSSR count). The van der Waals surface area contributed by atoms with Gasteiger partial charge in [-0.1, -0.05) is 13.0 Å². The molecule has 1 aliphatic carbocycles. The zero-order valence-corrected chi connectivity index (χ0v) is 15.9. The molecule has 27 heavy (non-hydrogen) atoms. The van der Waals surface area contributed by atoms with Gasteiger partial charge in [0.05, 0.1) is 16.4 Å². The van der Waals surface area contributed by atoms with Crippen molar-refractivity contribution in [1.82, 2.24) is 9.97 Å². The number of non-ortho nitro benzene ring substituents is 1. The first-order valence-electron chi connectivity index (χ1n) is 8.98. The van der Waals surface area contributed by atoms with Crippen LogP contribution < -0.4 is 10.9 Å². The summed E-state index contributed by atoms with van der Waals surface area (Å²) in [6, 6.07) is 6.01. The first-order chi connectivity index (χ1) is 12.9. The largest absolute Gasteiger partial charge is 0.375 e. The molecule has 2 atom stereocenters. The number of rotatable bonds is 4. The van der Waals surface area contributed by atoms with Gasteiger partial charge in [-0.05, 0) is 43.7 Å². The van der Waals surface area contributed by atoms with Crippen LogP contribution in [0.3, 0.4) is 0 Å². The summed E-state index contributed by atoms with van der Waals surface area (Å²) in [5, 5.41) is 14.9. The zero-order chi connectivity index (χ0) is 19.1. The highest BCUT2D eigenvalue weighted by Gasteiger charge is 2.23. The number of nitrogens with one attached hydrogen (secondary N) is 2. The molecular weight excluding hydrogens is 364 g/mol. The molecule has 0 amide bonds. The van der Waals surface area contributed by atoms with E-state index in [1.54, 1.807) is 23.5 Å². The number of aryl methyl sites for hydroxylation is 1. The number of hydrogen-bond donors (Lipinski definition) is 2. The van der Waals surface area contributed by atoms with Crippen LogP contribution in [0.1, 0.15) is 42.6 Å². The molecule has 7 nitrogen and oxygen atoms in total. The zero-order valence-electron chi connectivity index (χ0n) is 15.1. The van der Waals surface area contributed by atoms with E-state index in [2.05, 4.69) is 22.2 Å². The van der Waals surface area contributed by atoms with E-state index < -0.39 is 4.92 Å². The Hall–Kier alpha value is -2.74. The summed E-state index contributed by atoms with van der Waals surface area (Å²) in [6.07, 6.45) is 3.04. The molecule has 2 heterocycles. The van der Waals surface area contributed by atoms with Crippen LogP contribution in [0.5, 0.6) is 0 Å². The lowest BCUT2D eigenvalue weighted by molar-refractivity contribution is -0.384. The summed E-state index contributed by atoms with van der Waals surface area (Å²) >= 11 is 1.61. The number of benzene rings is 1. The van der Waals surface area contributed by atoms with E-state index in [1.165, 1.54) is 17.0 Å². The quantitative estimate of drug-likeness (QED) is 0.519. The monoisotopic (exact) mass is 384 g/mol. The van der Waals surface area contributed by atoms with E-state index in [1.807, 2.05) is 6.92 Å². The van der Waals surface area contributed by atoms with E-state index in [4.69, 9.17) is 0 Å². The van der Waals surface area contributed by atoms with Crippen LogP contribution in [0.15, 0.2) is 29.1 Å². The number of fused-ring (bicyclic) bond motifs is 3. The summed E-state index contributed by atoms with van der Waals surface area (Å²) in [5.41, 5.74) is 1.69. The molecule has 0 saturated carbocycles. The van der Waals surface area contributed by atoms with Gasteiger partial charge in [0.25, 0.3) is 11.2 Å². The Morgan fingerprint density at radius 1 is 1.44 bits per heavy atom. The first kappa shape index (κ1) is 17.7. The topological polar surface area (TPSA) is 101 Å². The fraction of sp³-hybridized carbons (Fsp3) is 0.368. The highest BCUT2D eigenvalue weighted by Crippen LogP contribution is 2.36. The van der Waals surface area contributed by atoms with Crippen molar-refractivity contribution in [2.45, 2.75) is 39.2 Å². The maximum atomic E-state index is 12.7. The van der Waals surface area contributed by atoms with Gasteiger partial charge in [0, 0.05) is 22.7 Å². The van der Waals surface area contributed by atoms with Crippen molar-refractivity contribution < 1.29 is 4.92 Å². The minimum absolute atomic E-state index is 0.0177. The molecule has 0 bridgehead atoms. The highest BCUT2D eigenvalue weighted by atomic mass is 32.1. The van der Waals surface area contributed by atoms with E-state index in [-0.39, 0.29) is 17.3 Å². The van der Waals surface area contributed by atoms with Crippen molar-refractivity contribution in [2.24, 2.45) is 5.92 Å². The fourth-order valence-electron chi connectivity index (χ4n) is 3.60. The average molecular weight is 384 g/mol.